The Hall–Kier alpha value is -2.21. The third kappa shape index (κ3) is 3.58. The molecule has 4 rings (SSSR count). The summed E-state index contributed by atoms with van der Waals surface area (Å²) in [6, 6.07) is 9.11. The Bertz CT molecular complexity index is 758. The second kappa shape index (κ2) is 6.59. The summed E-state index contributed by atoms with van der Waals surface area (Å²) < 4.78 is 14.8. The van der Waals surface area contributed by atoms with E-state index < -0.39 is 0 Å². The minimum atomic E-state index is -0.293. The standard InChI is InChI=1S/C19H23FN4O/c1-12-8-18(24(23-12)17-6-2-14(20)3-7-17)22-19(25)11-13-9-15-4-5-16(10-13)21-15/h2-3,6-8,13,15-16,21H,4-5,9-11H2,1H3,(H,22,25)/t13?,15-,16+. The van der Waals surface area contributed by atoms with Gasteiger partial charge >= 0.3 is 0 Å². The van der Waals surface area contributed by atoms with Crippen LogP contribution in [-0.2, 0) is 4.79 Å². The van der Waals surface area contributed by atoms with E-state index in [2.05, 4.69) is 15.7 Å². The molecule has 2 N–H and O–H groups in total. The number of halogens is 1. The molecule has 2 aliphatic heterocycles. The van der Waals surface area contributed by atoms with E-state index in [0.29, 0.717) is 30.2 Å². The first kappa shape index (κ1) is 16.3. The predicted molar refractivity (Wildman–Crippen MR) is 94.2 cm³/mol. The van der Waals surface area contributed by atoms with Gasteiger partial charge in [-0.3, -0.25) is 4.79 Å². The van der Waals surface area contributed by atoms with E-state index in [4.69, 9.17) is 0 Å². The predicted octanol–water partition coefficient (Wildman–Crippen LogP) is 3.18. The first-order chi connectivity index (χ1) is 12.1. The fourth-order valence-electron chi connectivity index (χ4n) is 4.17. The number of carbonyl (C=O) groups excluding carboxylic acids is 1. The quantitative estimate of drug-likeness (QED) is 0.897. The average Bonchev–Trinajstić information content (AvgIpc) is 3.10. The zero-order chi connectivity index (χ0) is 17.4. The van der Waals surface area contributed by atoms with E-state index in [1.807, 2.05) is 13.0 Å². The highest BCUT2D eigenvalue weighted by molar-refractivity contribution is 5.90. The molecular formula is C19H23FN4O. The van der Waals surface area contributed by atoms with E-state index >= 15 is 0 Å². The molecule has 1 aromatic heterocycles. The number of carbonyl (C=O) groups is 1. The number of hydrogen-bond acceptors (Lipinski definition) is 3. The second-order valence-corrected chi connectivity index (χ2v) is 7.29. The van der Waals surface area contributed by atoms with Crippen molar-refractivity contribution in [3.8, 4) is 5.69 Å². The molecule has 2 aliphatic rings. The Morgan fingerprint density at radius 3 is 2.64 bits per heavy atom. The van der Waals surface area contributed by atoms with Crippen LogP contribution < -0.4 is 10.6 Å². The molecule has 132 valence electrons. The van der Waals surface area contributed by atoms with E-state index in [1.54, 1.807) is 16.8 Å². The summed E-state index contributed by atoms with van der Waals surface area (Å²) in [4.78, 5) is 12.5. The van der Waals surface area contributed by atoms with Gasteiger partial charge in [-0.15, -0.1) is 0 Å². The number of fused-ring (bicyclic) bond motifs is 2. The maximum absolute atomic E-state index is 13.1. The monoisotopic (exact) mass is 342 g/mol. The number of aryl methyl sites for hydroxylation is 1. The number of rotatable bonds is 4. The van der Waals surface area contributed by atoms with Gasteiger partial charge < -0.3 is 10.6 Å². The van der Waals surface area contributed by atoms with Crippen LogP contribution >= 0.6 is 0 Å². The van der Waals surface area contributed by atoms with Crippen LogP contribution in [0.4, 0.5) is 10.2 Å². The lowest BCUT2D eigenvalue weighted by Gasteiger charge is -2.28. The molecule has 0 saturated carbocycles. The van der Waals surface area contributed by atoms with Gasteiger partial charge in [-0.25, -0.2) is 9.07 Å². The number of anilines is 1. The zero-order valence-corrected chi connectivity index (χ0v) is 14.3. The molecule has 1 unspecified atom stereocenters. The SMILES string of the molecule is Cc1cc(NC(=O)CC2C[C@H]3CC[C@@H](C2)N3)n(-c2ccc(F)cc2)n1. The summed E-state index contributed by atoms with van der Waals surface area (Å²) in [5, 5.41) is 11.0. The molecule has 1 aromatic carbocycles. The van der Waals surface area contributed by atoms with E-state index in [0.717, 1.165) is 24.2 Å². The van der Waals surface area contributed by atoms with Gasteiger partial charge in [-0.2, -0.15) is 5.10 Å². The smallest absolute Gasteiger partial charge is 0.225 e. The number of benzene rings is 1. The summed E-state index contributed by atoms with van der Waals surface area (Å²) in [5.74, 6) is 0.807. The number of aromatic nitrogens is 2. The molecule has 2 fully saturated rings. The van der Waals surface area contributed by atoms with Gasteiger partial charge in [-0.1, -0.05) is 0 Å². The largest absolute Gasteiger partial charge is 0.311 e. The highest BCUT2D eigenvalue weighted by Gasteiger charge is 2.34. The molecule has 6 heteroatoms. The lowest BCUT2D eigenvalue weighted by atomic mass is 9.89. The van der Waals surface area contributed by atoms with Crippen molar-refractivity contribution in [2.24, 2.45) is 5.92 Å². The van der Waals surface area contributed by atoms with Crippen LogP contribution in [0.25, 0.3) is 5.69 Å². The van der Waals surface area contributed by atoms with Gasteiger partial charge in [0.1, 0.15) is 11.6 Å². The van der Waals surface area contributed by atoms with Gasteiger partial charge in [0.05, 0.1) is 11.4 Å². The Kier molecular flexibility index (Phi) is 4.29. The summed E-state index contributed by atoms with van der Waals surface area (Å²) in [7, 11) is 0. The van der Waals surface area contributed by atoms with Crippen LogP contribution in [0, 0.1) is 18.7 Å². The Morgan fingerprint density at radius 2 is 1.96 bits per heavy atom. The van der Waals surface area contributed by atoms with E-state index in [9.17, 15) is 9.18 Å². The molecule has 0 spiro atoms. The van der Waals surface area contributed by atoms with Gasteiger partial charge in [0, 0.05) is 24.6 Å². The topological polar surface area (TPSA) is 59.0 Å². The van der Waals surface area contributed by atoms with Gasteiger partial charge in [0.25, 0.3) is 0 Å². The van der Waals surface area contributed by atoms with Crippen LogP contribution in [0.5, 0.6) is 0 Å². The van der Waals surface area contributed by atoms with Crippen molar-refractivity contribution in [1.29, 1.82) is 0 Å². The maximum Gasteiger partial charge on any atom is 0.225 e. The Morgan fingerprint density at radius 1 is 1.28 bits per heavy atom. The van der Waals surface area contributed by atoms with Crippen molar-refractivity contribution in [2.45, 2.75) is 51.1 Å². The van der Waals surface area contributed by atoms with Crippen molar-refractivity contribution in [1.82, 2.24) is 15.1 Å². The molecule has 0 radical (unpaired) electrons. The number of nitrogens with zero attached hydrogens (tertiary/aromatic N) is 2. The third-order valence-electron chi connectivity index (χ3n) is 5.21. The van der Waals surface area contributed by atoms with Gasteiger partial charge in [-0.05, 0) is 62.8 Å². The van der Waals surface area contributed by atoms with Crippen molar-refractivity contribution >= 4 is 11.7 Å². The normalized spacial score (nSPS) is 25.1. The van der Waals surface area contributed by atoms with E-state index in [1.165, 1.54) is 25.0 Å². The molecule has 25 heavy (non-hydrogen) atoms. The van der Waals surface area contributed by atoms with Crippen LogP contribution in [0.3, 0.4) is 0 Å². The highest BCUT2D eigenvalue weighted by atomic mass is 19.1. The molecule has 1 amide bonds. The number of amides is 1. The summed E-state index contributed by atoms with van der Waals surface area (Å²) in [6.07, 6.45) is 5.18. The number of nitrogens with one attached hydrogen (secondary N) is 2. The fourth-order valence-corrected chi connectivity index (χ4v) is 4.17. The minimum Gasteiger partial charge on any atom is -0.311 e. The van der Waals surface area contributed by atoms with Crippen molar-refractivity contribution in [3.05, 3.63) is 41.8 Å². The Balaban J connectivity index is 1.45. The lowest BCUT2D eigenvalue weighted by molar-refractivity contribution is -0.117. The third-order valence-corrected chi connectivity index (χ3v) is 5.21. The number of hydrogen-bond donors (Lipinski definition) is 2. The van der Waals surface area contributed by atoms with Crippen LogP contribution in [0.1, 0.15) is 37.8 Å². The lowest BCUT2D eigenvalue weighted by Crippen LogP contribution is -2.39. The zero-order valence-electron chi connectivity index (χ0n) is 14.3. The Labute approximate surface area is 146 Å². The molecule has 2 bridgehead atoms. The summed E-state index contributed by atoms with van der Waals surface area (Å²) in [6.45, 7) is 1.88. The fraction of sp³-hybridized carbons (Fsp3) is 0.474. The molecular weight excluding hydrogens is 319 g/mol. The van der Waals surface area contributed by atoms with Crippen molar-refractivity contribution in [3.63, 3.8) is 0 Å². The van der Waals surface area contributed by atoms with Crippen LogP contribution in [0.15, 0.2) is 30.3 Å². The van der Waals surface area contributed by atoms with Crippen molar-refractivity contribution in [2.75, 3.05) is 5.32 Å². The first-order valence-corrected chi connectivity index (χ1v) is 8.95. The summed E-state index contributed by atoms with van der Waals surface area (Å²) >= 11 is 0. The van der Waals surface area contributed by atoms with Crippen molar-refractivity contribution < 1.29 is 9.18 Å². The second-order valence-electron chi connectivity index (χ2n) is 7.29. The molecule has 2 aromatic rings. The van der Waals surface area contributed by atoms with Gasteiger partial charge in [0.2, 0.25) is 5.91 Å². The average molecular weight is 342 g/mol. The first-order valence-electron chi connectivity index (χ1n) is 8.95. The minimum absolute atomic E-state index is 0.0227. The van der Waals surface area contributed by atoms with Crippen LogP contribution in [0.2, 0.25) is 0 Å². The van der Waals surface area contributed by atoms with Gasteiger partial charge in [0.15, 0.2) is 0 Å². The highest BCUT2D eigenvalue weighted by Crippen LogP contribution is 2.32. The molecule has 5 nitrogen and oxygen atoms in total. The maximum atomic E-state index is 13.1. The number of piperidine rings is 1. The molecule has 2 saturated heterocycles. The molecule has 3 atom stereocenters. The summed E-state index contributed by atoms with van der Waals surface area (Å²) in [5.41, 5.74) is 1.53. The van der Waals surface area contributed by atoms with E-state index in [-0.39, 0.29) is 11.7 Å². The van der Waals surface area contributed by atoms with Crippen LogP contribution in [-0.4, -0.2) is 27.8 Å². The molecule has 3 heterocycles. The molecule has 0 aliphatic carbocycles.